The lowest BCUT2D eigenvalue weighted by Gasteiger charge is -2.18. The fraction of sp³-hybridized carbons (Fsp3) is 0.103. The Morgan fingerprint density at radius 3 is 2.46 bits per heavy atom. The first-order valence-corrected chi connectivity index (χ1v) is 11.9. The third kappa shape index (κ3) is 5.29. The largest absolute Gasteiger partial charge is 0.457 e. The summed E-state index contributed by atoms with van der Waals surface area (Å²) in [6.07, 6.45) is -2.63. The van der Waals surface area contributed by atoms with E-state index in [0.717, 1.165) is 18.6 Å². The number of benzene rings is 3. The van der Waals surface area contributed by atoms with Crippen molar-refractivity contribution in [3.8, 4) is 28.7 Å². The van der Waals surface area contributed by atoms with Gasteiger partial charge in [-0.15, -0.1) is 0 Å². The van der Waals surface area contributed by atoms with Crippen LogP contribution in [0.3, 0.4) is 0 Å². The molecule has 0 radical (unpaired) electrons. The molecule has 0 fully saturated rings. The van der Waals surface area contributed by atoms with Crippen LogP contribution in [0.2, 0.25) is 0 Å². The Kier molecular flexibility index (Phi) is 6.88. The molecule has 0 bridgehead atoms. The van der Waals surface area contributed by atoms with Crippen LogP contribution >= 0.6 is 0 Å². The summed E-state index contributed by atoms with van der Waals surface area (Å²) in [5, 5.41) is 9.19. The van der Waals surface area contributed by atoms with Crippen molar-refractivity contribution in [3.05, 3.63) is 111 Å². The number of nitrogens with two attached hydrogens (primary N) is 1. The van der Waals surface area contributed by atoms with Crippen LogP contribution in [-0.2, 0) is 12.7 Å². The predicted molar refractivity (Wildman–Crippen MR) is 140 cm³/mol. The molecule has 0 spiro atoms. The average Bonchev–Trinajstić information content (AvgIpc) is 2.91. The predicted octanol–water partition coefficient (Wildman–Crippen LogP) is 6.36. The monoisotopic (exact) mass is 563 g/mol. The van der Waals surface area contributed by atoms with Gasteiger partial charge >= 0.3 is 6.18 Å². The number of aryl methyl sites for hydroxylation is 1. The lowest BCUT2D eigenvalue weighted by Crippen LogP contribution is -2.14. The molecule has 0 saturated heterocycles. The summed E-state index contributed by atoms with van der Waals surface area (Å²) in [5.74, 6) is -2.35. The number of alkyl halides is 3. The summed E-state index contributed by atoms with van der Waals surface area (Å²) in [6.45, 7) is 1.26. The van der Waals surface area contributed by atoms with E-state index < -0.39 is 34.7 Å². The fourth-order valence-electron chi connectivity index (χ4n) is 4.42. The van der Waals surface area contributed by atoms with Gasteiger partial charge in [-0.3, -0.25) is 4.79 Å². The Labute approximate surface area is 228 Å². The minimum absolute atomic E-state index is 0.00491. The average molecular weight is 563 g/mol. The Hall–Kier alpha value is -5.31. The van der Waals surface area contributed by atoms with Gasteiger partial charge < -0.3 is 15.0 Å². The van der Waals surface area contributed by atoms with Gasteiger partial charge in [-0.1, -0.05) is 12.1 Å². The molecule has 0 aliphatic rings. The lowest BCUT2D eigenvalue weighted by atomic mass is 9.98. The molecule has 5 aromatic rings. The second kappa shape index (κ2) is 10.3. The molecule has 0 aliphatic carbocycles. The van der Waals surface area contributed by atoms with Crippen LogP contribution in [0.4, 0.5) is 27.8 Å². The molecule has 41 heavy (non-hydrogen) atoms. The van der Waals surface area contributed by atoms with Gasteiger partial charge in [0, 0.05) is 17.3 Å². The van der Waals surface area contributed by atoms with Gasteiger partial charge in [0.25, 0.3) is 5.56 Å². The van der Waals surface area contributed by atoms with Gasteiger partial charge in [-0.2, -0.15) is 23.4 Å². The van der Waals surface area contributed by atoms with Crippen molar-refractivity contribution in [1.29, 1.82) is 5.26 Å². The minimum Gasteiger partial charge on any atom is -0.457 e. The Bertz CT molecular complexity index is 1910. The summed E-state index contributed by atoms with van der Waals surface area (Å²) in [4.78, 5) is 20.1. The van der Waals surface area contributed by atoms with Crippen LogP contribution in [0.5, 0.6) is 11.5 Å². The van der Waals surface area contributed by atoms with E-state index >= 15 is 0 Å². The van der Waals surface area contributed by atoms with Crippen molar-refractivity contribution in [2.75, 3.05) is 5.73 Å². The van der Waals surface area contributed by atoms with E-state index in [1.807, 2.05) is 0 Å². The number of hydrogen-bond donors (Lipinski definition) is 1. The Morgan fingerprint density at radius 1 is 1.05 bits per heavy atom. The highest BCUT2D eigenvalue weighted by molar-refractivity contribution is 5.80. The molecular weight excluding hydrogens is 545 g/mol. The fourth-order valence-corrected chi connectivity index (χ4v) is 4.42. The number of pyridine rings is 1. The highest BCUT2D eigenvalue weighted by Gasteiger charge is 2.38. The normalized spacial score (nSPS) is 11.4. The van der Waals surface area contributed by atoms with E-state index in [2.05, 4.69) is 9.97 Å². The molecule has 5 rings (SSSR count). The summed E-state index contributed by atoms with van der Waals surface area (Å²) in [6, 6.07) is 12.9. The maximum absolute atomic E-state index is 14.5. The second-order valence-electron chi connectivity index (χ2n) is 9.11. The van der Waals surface area contributed by atoms with Crippen LogP contribution in [-0.4, -0.2) is 14.5 Å². The number of nitriles is 1. The Morgan fingerprint density at radius 2 is 1.78 bits per heavy atom. The molecule has 2 N–H and O–H groups in total. The molecule has 0 atom stereocenters. The van der Waals surface area contributed by atoms with E-state index in [0.29, 0.717) is 5.56 Å². The zero-order chi connectivity index (χ0) is 29.5. The number of aromatic nitrogens is 3. The highest BCUT2D eigenvalue weighted by atomic mass is 19.4. The quantitative estimate of drug-likeness (QED) is 0.250. The van der Waals surface area contributed by atoms with E-state index in [1.54, 1.807) is 13.0 Å². The number of nitrogen functional groups attached to an aromatic ring is 1. The molecule has 0 unspecified atom stereocenters. The topological polar surface area (TPSA) is 107 Å². The number of anilines is 1. The number of halogens is 5. The van der Waals surface area contributed by atoms with E-state index in [4.69, 9.17) is 10.5 Å². The molecule has 3 aromatic carbocycles. The van der Waals surface area contributed by atoms with E-state index in [1.165, 1.54) is 53.1 Å². The summed E-state index contributed by atoms with van der Waals surface area (Å²) >= 11 is 0. The standard InChI is InChI=1S/C29H18F5N5O2/c1-15-7-22(30)21(23(31)8-15)13-39-14-38-28(40)20-10-18(5-6-24(20)39)41-25-4-2-3-19(26(25)29(32,33)34)17-9-16(11-35)27(36)37-12-17/h2-10,12,14H,13H2,1H3,(H2,36,37). The SMILES string of the molecule is Cc1cc(F)c(Cn2cnc(=O)c3cc(Oc4cccc(-c5cnc(N)c(C#N)c5)c4C(F)(F)F)ccc32)c(F)c1. The molecule has 0 amide bonds. The second-order valence-corrected chi connectivity index (χ2v) is 9.11. The van der Waals surface area contributed by atoms with Crippen LogP contribution < -0.4 is 16.0 Å². The molecule has 2 heterocycles. The highest BCUT2D eigenvalue weighted by Crippen LogP contribution is 2.44. The molecule has 7 nitrogen and oxygen atoms in total. The van der Waals surface area contributed by atoms with E-state index in [-0.39, 0.29) is 51.3 Å². The molecular formula is C29H18F5N5O2. The van der Waals surface area contributed by atoms with Crippen molar-refractivity contribution in [2.24, 2.45) is 0 Å². The summed E-state index contributed by atoms with van der Waals surface area (Å²) in [7, 11) is 0. The summed E-state index contributed by atoms with van der Waals surface area (Å²) < 4.78 is 78.8. The molecule has 206 valence electrons. The van der Waals surface area contributed by atoms with Crippen LogP contribution in [0.25, 0.3) is 22.0 Å². The van der Waals surface area contributed by atoms with Crippen molar-refractivity contribution in [1.82, 2.24) is 14.5 Å². The molecule has 12 heteroatoms. The van der Waals surface area contributed by atoms with Gasteiger partial charge in [0.1, 0.15) is 40.6 Å². The van der Waals surface area contributed by atoms with Gasteiger partial charge in [0.05, 0.1) is 29.3 Å². The maximum atomic E-state index is 14.5. The maximum Gasteiger partial charge on any atom is 0.420 e. The molecule has 0 aliphatic heterocycles. The zero-order valence-corrected chi connectivity index (χ0v) is 21.1. The van der Waals surface area contributed by atoms with Gasteiger partial charge in [0.2, 0.25) is 0 Å². The smallest absolute Gasteiger partial charge is 0.420 e. The van der Waals surface area contributed by atoms with Gasteiger partial charge in [-0.05, 0) is 60.5 Å². The number of hydrogen-bond acceptors (Lipinski definition) is 6. The van der Waals surface area contributed by atoms with Crippen LogP contribution in [0.15, 0.2) is 71.9 Å². The molecule has 2 aromatic heterocycles. The van der Waals surface area contributed by atoms with Crippen molar-refractivity contribution in [3.63, 3.8) is 0 Å². The van der Waals surface area contributed by atoms with Crippen LogP contribution in [0, 0.1) is 29.9 Å². The number of ether oxygens (including phenoxy) is 1. The van der Waals surface area contributed by atoms with Gasteiger partial charge in [0.15, 0.2) is 0 Å². The van der Waals surface area contributed by atoms with Crippen molar-refractivity contribution in [2.45, 2.75) is 19.6 Å². The molecule has 0 saturated carbocycles. The minimum atomic E-state index is -4.88. The third-order valence-electron chi connectivity index (χ3n) is 6.32. The number of nitrogens with zero attached hydrogens (tertiary/aromatic N) is 4. The Balaban J connectivity index is 1.57. The van der Waals surface area contributed by atoms with Gasteiger partial charge in [-0.25, -0.2) is 13.8 Å². The zero-order valence-electron chi connectivity index (χ0n) is 21.1. The van der Waals surface area contributed by atoms with Crippen molar-refractivity contribution >= 4 is 16.7 Å². The van der Waals surface area contributed by atoms with Crippen LogP contribution in [0.1, 0.15) is 22.3 Å². The van der Waals surface area contributed by atoms with E-state index in [9.17, 15) is 32.0 Å². The summed E-state index contributed by atoms with van der Waals surface area (Å²) in [5.41, 5.74) is 3.76. The number of fused-ring (bicyclic) bond motifs is 1. The first-order valence-electron chi connectivity index (χ1n) is 11.9. The first-order chi connectivity index (χ1) is 19.5. The first kappa shape index (κ1) is 27.3. The lowest BCUT2D eigenvalue weighted by molar-refractivity contribution is -0.138. The van der Waals surface area contributed by atoms with Crippen molar-refractivity contribution < 1.29 is 26.7 Å². The number of rotatable bonds is 5. The third-order valence-corrected chi connectivity index (χ3v) is 6.32.